The third kappa shape index (κ3) is 3.65. The van der Waals surface area contributed by atoms with E-state index in [4.69, 9.17) is 5.41 Å². The first-order valence-corrected chi connectivity index (χ1v) is 5.43. The average molecular weight is 212 g/mol. The van der Waals surface area contributed by atoms with Crippen LogP contribution in [0.3, 0.4) is 0 Å². The van der Waals surface area contributed by atoms with Gasteiger partial charge in [-0.1, -0.05) is 32.0 Å². The third-order valence-electron chi connectivity index (χ3n) is 1.88. The lowest BCUT2D eigenvalue weighted by molar-refractivity contribution is 1.50. The summed E-state index contributed by atoms with van der Waals surface area (Å²) in [4.78, 5) is 4.40. The summed E-state index contributed by atoms with van der Waals surface area (Å²) in [6.07, 6.45) is 7.16. The summed E-state index contributed by atoms with van der Waals surface area (Å²) in [6.45, 7) is 4.00. The van der Waals surface area contributed by atoms with Gasteiger partial charge in [0.2, 0.25) is 0 Å². The van der Waals surface area contributed by atoms with Gasteiger partial charge in [-0.3, -0.25) is 0 Å². The van der Waals surface area contributed by atoms with Crippen molar-refractivity contribution in [1.29, 1.82) is 5.41 Å². The summed E-state index contributed by atoms with van der Waals surface area (Å²) in [7, 11) is 0. The average Bonchev–Trinajstić information content (AvgIpc) is 2.36. The van der Waals surface area contributed by atoms with Gasteiger partial charge in [-0.05, 0) is 36.4 Å². The maximum atomic E-state index is 7.33. The van der Waals surface area contributed by atoms with Gasteiger partial charge in [0, 0.05) is 0 Å². The van der Waals surface area contributed by atoms with Crippen LogP contribution in [0.15, 0.2) is 59.6 Å². The van der Waals surface area contributed by atoms with Crippen molar-refractivity contribution in [2.75, 3.05) is 0 Å². The number of rotatable bonds is 1. The largest absolute Gasteiger partial charge is 0.301 e. The molecule has 1 aliphatic rings. The number of hydrogen-bond donors (Lipinski definition) is 1. The Morgan fingerprint density at radius 1 is 0.875 bits per heavy atom. The number of allylic oxidation sites excluding steroid dienone is 4. The Labute approximate surface area is 96.6 Å². The van der Waals surface area contributed by atoms with Gasteiger partial charge in [0.15, 0.2) is 0 Å². The highest BCUT2D eigenvalue weighted by molar-refractivity contribution is 6.17. The molecular formula is C14H16N2. The van der Waals surface area contributed by atoms with Crippen LogP contribution in [-0.4, -0.2) is 11.4 Å². The molecule has 16 heavy (non-hydrogen) atoms. The van der Waals surface area contributed by atoms with Gasteiger partial charge in [-0.25, -0.2) is 4.99 Å². The Balaban J connectivity index is 0.000000606. The summed E-state index contributed by atoms with van der Waals surface area (Å²) < 4.78 is 0. The monoisotopic (exact) mass is 212 g/mol. The molecule has 0 aliphatic heterocycles. The maximum absolute atomic E-state index is 7.33. The predicted octanol–water partition coefficient (Wildman–Crippen LogP) is 3.93. The highest BCUT2D eigenvalue weighted by Crippen LogP contribution is 2.11. The Morgan fingerprint density at radius 3 is 2.00 bits per heavy atom. The van der Waals surface area contributed by atoms with Gasteiger partial charge in [0.25, 0.3) is 0 Å². The van der Waals surface area contributed by atoms with Crippen molar-refractivity contribution in [1.82, 2.24) is 0 Å². The van der Waals surface area contributed by atoms with Crippen LogP contribution in [0.1, 0.15) is 13.8 Å². The molecule has 1 aromatic rings. The van der Waals surface area contributed by atoms with Crippen molar-refractivity contribution >= 4 is 17.1 Å². The summed E-state index contributed by atoms with van der Waals surface area (Å²) in [5, 5.41) is 7.33. The van der Waals surface area contributed by atoms with Gasteiger partial charge < -0.3 is 5.41 Å². The van der Waals surface area contributed by atoms with Crippen LogP contribution < -0.4 is 0 Å². The first-order chi connectivity index (χ1) is 7.84. The molecule has 0 heterocycles. The Hall–Kier alpha value is -1.96. The van der Waals surface area contributed by atoms with Crippen LogP contribution >= 0.6 is 0 Å². The molecule has 0 saturated carbocycles. The summed E-state index contributed by atoms with van der Waals surface area (Å²) in [5.74, 6) is 0. The van der Waals surface area contributed by atoms with Gasteiger partial charge in [0.05, 0.1) is 17.1 Å². The van der Waals surface area contributed by atoms with Crippen molar-refractivity contribution in [3.8, 4) is 0 Å². The van der Waals surface area contributed by atoms with E-state index in [9.17, 15) is 0 Å². The van der Waals surface area contributed by atoms with E-state index in [1.807, 2.05) is 56.3 Å². The number of nitrogens with one attached hydrogen (secondary N) is 1. The molecule has 2 heteroatoms. The Morgan fingerprint density at radius 2 is 1.44 bits per heavy atom. The number of benzene rings is 1. The second kappa shape index (κ2) is 6.51. The summed E-state index contributed by atoms with van der Waals surface area (Å²) in [6, 6.07) is 9.78. The van der Waals surface area contributed by atoms with E-state index in [1.165, 1.54) is 0 Å². The van der Waals surface area contributed by atoms with Gasteiger partial charge in [-0.15, -0.1) is 0 Å². The smallest absolute Gasteiger partial charge is 0.0638 e. The van der Waals surface area contributed by atoms with E-state index in [0.717, 1.165) is 11.4 Å². The standard InChI is InChI=1S/C12H10N2.C2H6/c13-10-6-8-12(9-7-10)14-11-4-2-1-3-5-11;1-2/h1-9,13H;1-2H3. The number of nitrogens with zero attached hydrogens (tertiary/aromatic N) is 1. The van der Waals surface area contributed by atoms with E-state index in [1.54, 1.807) is 12.2 Å². The van der Waals surface area contributed by atoms with E-state index in [0.29, 0.717) is 5.71 Å². The minimum atomic E-state index is 0.511. The number of para-hydroxylation sites is 1. The molecule has 0 saturated heterocycles. The number of aliphatic imine (C=N–C) groups is 1. The van der Waals surface area contributed by atoms with Gasteiger partial charge in [0.1, 0.15) is 0 Å². The fraction of sp³-hybridized carbons (Fsp3) is 0.143. The topological polar surface area (TPSA) is 36.2 Å². The molecule has 1 N–H and O–H groups in total. The summed E-state index contributed by atoms with van der Waals surface area (Å²) >= 11 is 0. The minimum absolute atomic E-state index is 0.511. The van der Waals surface area contributed by atoms with Crippen molar-refractivity contribution in [2.45, 2.75) is 13.8 Å². The fourth-order valence-electron chi connectivity index (χ4n) is 1.19. The van der Waals surface area contributed by atoms with Crippen molar-refractivity contribution in [2.24, 2.45) is 4.99 Å². The first-order valence-electron chi connectivity index (χ1n) is 5.43. The maximum Gasteiger partial charge on any atom is 0.0638 e. The lowest BCUT2D eigenvalue weighted by Gasteiger charge is -2.00. The first kappa shape index (κ1) is 12.1. The molecule has 82 valence electrons. The van der Waals surface area contributed by atoms with Crippen LogP contribution in [0.4, 0.5) is 5.69 Å². The molecular weight excluding hydrogens is 196 g/mol. The fourth-order valence-corrected chi connectivity index (χ4v) is 1.19. The molecule has 0 unspecified atom stereocenters. The second-order valence-electron chi connectivity index (χ2n) is 2.99. The van der Waals surface area contributed by atoms with Crippen molar-refractivity contribution in [3.63, 3.8) is 0 Å². The third-order valence-corrected chi connectivity index (χ3v) is 1.88. The van der Waals surface area contributed by atoms with Crippen LogP contribution in [-0.2, 0) is 0 Å². The summed E-state index contributed by atoms with van der Waals surface area (Å²) in [5.41, 5.74) is 2.33. The zero-order valence-electron chi connectivity index (χ0n) is 9.64. The second-order valence-corrected chi connectivity index (χ2v) is 2.99. The Kier molecular flexibility index (Phi) is 4.93. The van der Waals surface area contributed by atoms with Gasteiger partial charge in [-0.2, -0.15) is 0 Å². The quantitative estimate of drug-likeness (QED) is 0.685. The van der Waals surface area contributed by atoms with E-state index in [-0.39, 0.29) is 0 Å². The molecule has 0 fully saturated rings. The van der Waals surface area contributed by atoms with E-state index >= 15 is 0 Å². The molecule has 0 aromatic heterocycles. The molecule has 1 aromatic carbocycles. The van der Waals surface area contributed by atoms with Crippen LogP contribution in [0.5, 0.6) is 0 Å². The number of hydrogen-bond acceptors (Lipinski definition) is 2. The van der Waals surface area contributed by atoms with Crippen molar-refractivity contribution < 1.29 is 0 Å². The van der Waals surface area contributed by atoms with E-state index < -0.39 is 0 Å². The molecule has 0 bridgehead atoms. The minimum Gasteiger partial charge on any atom is -0.301 e. The zero-order valence-corrected chi connectivity index (χ0v) is 9.64. The van der Waals surface area contributed by atoms with E-state index in [2.05, 4.69) is 4.99 Å². The molecule has 0 amide bonds. The van der Waals surface area contributed by atoms with Crippen LogP contribution in [0.2, 0.25) is 0 Å². The van der Waals surface area contributed by atoms with Crippen LogP contribution in [0, 0.1) is 5.41 Å². The normalized spacial score (nSPS) is 13.1. The van der Waals surface area contributed by atoms with Crippen molar-refractivity contribution in [3.05, 3.63) is 54.6 Å². The molecule has 1 aliphatic carbocycles. The molecule has 0 atom stereocenters. The molecule has 2 rings (SSSR count). The predicted molar refractivity (Wildman–Crippen MR) is 70.9 cm³/mol. The molecule has 2 nitrogen and oxygen atoms in total. The Bertz CT molecular complexity index is 407. The zero-order chi connectivity index (χ0) is 11.8. The molecule has 0 radical (unpaired) electrons. The molecule has 0 spiro atoms. The van der Waals surface area contributed by atoms with Crippen LogP contribution in [0.25, 0.3) is 0 Å². The highest BCUT2D eigenvalue weighted by atomic mass is 14.7. The lowest BCUT2D eigenvalue weighted by Crippen LogP contribution is -1.97. The highest BCUT2D eigenvalue weighted by Gasteiger charge is 1.96. The SMILES string of the molecule is CC.N=C1C=CC(=Nc2ccccc2)C=C1. The lowest BCUT2D eigenvalue weighted by atomic mass is 10.1. The van der Waals surface area contributed by atoms with Gasteiger partial charge >= 0.3 is 0 Å².